The van der Waals surface area contributed by atoms with Crippen LogP contribution in [0.3, 0.4) is 0 Å². The fraction of sp³-hybridized carbons (Fsp3) is 0.500. The fourth-order valence-corrected chi connectivity index (χ4v) is 2.11. The monoisotopic (exact) mass is 309 g/mol. The van der Waals surface area contributed by atoms with Crippen molar-refractivity contribution in [1.82, 2.24) is 4.90 Å². The van der Waals surface area contributed by atoms with Crippen LogP contribution in [0.25, 0.3) is 0 Å². The van der Waals surface area contributed by atoms with Crippen LogP contribution in [0.2, 0.25) is 0 Å². The Kier molecular flexibility index (Phi) is 7.81. The van der Waals surface area contributed by atoms with Crippen LogP contribution < -0.4 is 4.74 Å². The van der Waals surface area contributed by atoms with Gasteiger partial charge in [0.05, 0.1) is 6.61 Å². The number of carboxylic acid groups (broad SMARTS) is 2. The molecule has 22 heavy (non-hydrogen) atoms. The summed E-state index contributed by atoms with van der Waals surface area (Å²) < 4.78 is 5.50. The van der Waals surface area contributed by atoms with E-state index in [0.717, 1.165) is 17.1 Å². The average molecular weight is 309 g/mol. The van der Waals surface area contributed by atoms with E-state index in [2.05, 4.69) is 0 Å². The van der Waals surface area contributed by atoms with Crippen molar-refractivity contribution in [1.29, 1.82) is 0 Å². The van der Waals surface area contributed by atoms with Crippen LogP contribution in [0.5, 0.6) is 5.75 Å². The number of nitrogens with zero attached hydrogens (tertiary/aromatic N) is 1. The largest absolute Gasteiger partial charge is 0.494 e. The van der Waals surface area contributed by atoms with Crippen molar-refractivity contribution in [3.63, 3.8) is 0 Å². The van der Waals surface area contributed by atoms with Crippen LogP contribution in [-0.2, 0) is 4.79 Å². The third kappa shape index (κ3) is 6.03. The van der Waals surface area contributed by atoms with Gasteiger partial charge in [0, 0.05) is 6.54 Å². The van der Waals surface area contributed by atoms with Gasteiger partial charge in [0.2, 0.25) is 0 Å². The number of unbranched alkanes of at least 4 members (excludes halogenated alkanes) is 1. The predicted molar refractivity (Wildman–Crippen MR) is 82.2 cm³/mol. The van der Waals surface area contributed by atoms with E-state index in [1.54, 1.807) is 0 Å². The Bertz CT molecular complexity index is 463. The summed E-state index contributed by atoms with van der Waals surface area (Å²) in [7, 11) is 0. The van der Waals surface area contributed by atoms with Gasteiger partial charge < -0.3 is 14.9 Å². The summed E-state index contributed by atoms with van der Waals surface area (Å²) >= 11 is 0. The lowest BCUT2D eigenvalue weighted by Crippen LogP contribution is -2.45. The molecule has 0 aromatic heterocycles. The molecule has 1 aromatic rings. The van der Waals surface area contributed by atoms with Crippen LogP contribution in [0.1, 0.15) is 32.6 Å². The van der Waals surface area contributed by atoms with E-state index in [1.165, 1.54) is 0 Å². The van der Waals surface area contributed by atoms with Crippen molar-refractivity contribution >= 4 is 12.1 Å². The van der Waals surface area contributed by atoms with Crippen molar-refractivity contribution in [3.8, 4) is 5.75 Å². The SMILES string of the molecule is CCCCN(C(=O)O)C(CCCOc1ccccc1)C(=O)O. The van der Waals surface area contributed by atoms with E-state index < -0.39 is 18.1 Å². The number of carbonyl (C=O) groups is 2. The highest BCUT2D eigenvalue weighted by atomic mass is 16.5. The standard InChI is InChI=1S/C16H23NO5/c1-2-3-11-17(16(20)21)14(15(18)19)10-7-12-22-13-8-5-4-6-9-13/h4-6,8-9,14H,2-3,7,10-12H2,1H3,(H,18,19)(H,20,21). The van der Waals surface area contributed by atoms with Crippen LogP contribution in [-0.4, -0.2) is 46.4 Å². The number of hydrogen-bond donors (Lipinski definition) is 2. The Balaban J connectivity index is 2.48. The van der Waals surface area contributed by atoms with Gasteiger partial charge in [-0.3, -0.25) is 4.90 Å². The van der Waals surface area contributed by atoms with Crippen molar-refractivity contribution in [2.45, 2.75) is 38.6 Å². The molecule has 0 saturated carbocycles. The van der Waals surface area contributed by atoms with Gasteiger partial charge in [0.1, 0.15) is 11.8 Å². The first-order chi connectivity index (χ1) is 10.6. The van der Waals surface area contributed by atoms with Crippen LogP contribution >= 0.6 is 0 Å². The number of hydrogen-bond acceptors (Lipinski definition) is 3. The molecular formula is C16H23NO5. The molecule has 122 valence electrons. The molecule has 0 aliphatic heterocycles. The first-order valence-electron chi connectivity index (χ1n) is 7.46. The minimum atomic E-state index is -1.19. The molecule has 0 radical (unpaired) electrons. The lowest BCUT2D eigenvalue weighted by Gasteiger charge is -2.26. The number of rotatable bonds is 10. The second-order valence-electron chi connectivity index (χ2n) is 4.99. The molecular weight excluding hydrogens is 286 g/mol. The molecule has 1 aromatic carbocycles. The average Bonchev–Trinajstić information content (AvgIpc) is 2.50. The number of benzene rings is 1. The zero-order valence-corrected chi connectivity index (χ0v) is 12.8. The van der Waals surface area contributed by atoms with E-state index in [1.807, 2.05) is 37.3 Å². The predicted octanol–water partition coefficient (Wildman–Crippen LogP) is 3.08. The molecule has 0 saturated heterocycles. The lowest BCUT2D eigenvalue weighted by molar-refractivity contribution is -0.143. The van der Waals surface area contributed by atoms with Crippen LogP contribution in [0.4, 0.5) is 4.79 Å². The molecule has 6 nitrogen and oxygen atoms in total. The molecule has 0 spiro atoms. The van der Waals surface area contributed by atoms with E-state index in [-0.39, 0.29) is 13.0 Å². The summed E-state index contributed by atoms with van der Waals surface area (Å²) in [6, 6.07) is 8.20. The topological polar surface area (TPSA) is 87.1 Å². The van der Waals surface area contributed by atoms with Crippen molar-refractivity contribution in [3.05, 3.63) is 30.3 Å². The minimum Gasteiger partial charge on any atom is -0.494 e. The number of carboxylic acids is 1. The van der Waals surface area contributed by atoms with Crippen molar-refractivity contribution in [2.75, 3.05) is 13.2 Å². The lowest BCUT2D eigenvalue weighted by atomic mass is 10.1. The quantitative estimate of drug-likeness (QED) is 0.649. The van der Waals surface area contributed by atoms with Crippen LogP contribution in [0, 0.1) is 0 Å². The molecule has 0 aliphatic rings. The first kappa shape index (κ1) is 17.8. The van der Waals surface area contributed by atoms with Gasteiger partial charge in [-0.1, -0.05) is 31.5 Å². The third-order valence-corrected chi connectivity index (χ3v) is 3.29. The number of aliphatic carboxylic acids is 1. The van der Waals surface area contributed by atoms with Gasteiger partial charge in [0.25, 0.3) is 0 Å². The van der Waals surface area contributed by atoms with Gasteiger partial charge in [-0.15, -0.1) is 0 Å². The van der Waals surface area contributed by atoms with Gasteiger partial charge in [0.15, 0.2) is 0 Å². The molecule has 6 heteroatoms. The highest BCUT2D eigenvalue weighted by Crippen LogP contribution is 2.13. The summed E-state index contributed by atoms with van der Waals surface area (Å²) in [4.78, 5) is 23.6. The van der Waals surface area contributed by atoms with E-state index in [4.69, 9.17) is 4.74 Å². The Labute approximate surface area is 130 Å². The van der Waals surface area contributed by atoms with Gasteiger partial charge in [-0.2, -0.15) is 0 Å². The summed E-state index contributed by atoms with van der Waals surface area (Å²) in [5.74, 6) is -0.395. The Morgan fingerprint density at radius 1 is 1.18 bits per heavy atom. The maximum atomic E-state index is 11.3. The number of para-hydroxylation sites is 1. The highest BCUT2D eigenvalue weighted by molar-refractivity contribution is 5.79. The summed E-state index contributed by atoms with van der Waals surface area (Å²) in [5.41, 5.74) is 0. The Morgan fingerprint density at radius 3 is 2.41 bits per heavy atom. The molecule has 0 bridgehead atoms. The summed E-state index contributed by atoms with van der Waals surface area (Å²) in [6.07, 6.45) is 0.980. The van der Waals surface area contributed by atoms with Gasteiger partial charge >= 0.3 is 12.1 Å². The zero-order chi connectivity index (χ0) is 16.4. The third-order valence-electron chi connectivity index (χ3n) is 3.29. The molecule has 1 amide bonds. The van der Waals surface area contributed by atoms with Gasteiger partial charge in [-0.05, 0) is 31.4 Å². The Morgan fingerprint density at radius 2 is 1.86 bits per heavy atom. The number of amides is 1. The summed E-state index contributed by atoms with van der Waals surface area (Å²) in [6.45, 7) is 2.53. The van der Waals surface area contributed by atoms with Gasteiger partial charge in [-0.25, -0.2) is 9.59 Å². The molecule has 0 fully saturated rings. The normalized spacial score (nSPS) is 11.7. The van der Waals surface area contributed by atoms with Crippen LogP contribution in [0.15, 0.2) is 30.3 Å². The molecule has 1 unspecified atom stereocenters. The first-order valence-corrected chi connectivity index (χ1v) is 7.46. The fourth-order valence-electron chi connectivity index (χ4n) is 2.11. The molecule has 2 N–H and O–H groups in total. The second kappa shape index (κ2) is 9.65. The highest BCUT2D eigenvalue weighted by Gasteiger charge is 2.28. The van der Waals surface area contributed by atoms with Crippen molar-refractivity contribution < 1.29 is 24.5 Å². The Hall–Kier alpha value is -2.24. The zero-order valence-electron chi connectivity index (χ0n) is 12.8. The maximum absolute atomic E-state index is 11.3. The van der Waals surface area contributed by atoms with E-state index in [9.17, 15) is 19.8 Å². The molecule has 1 atom stereocenters. The number of ether oxygens (including phenoxy) is 1. The van der Waals surface area contributed by atoms with E-state index in [0.29, 0.717) is 19.4 Å². The molecule has 0 aliphatic carbocycles. The van der Waals surface area contributed by atoms with Crippen molar-refractivity contribution in [2.24, 2.45) is 0 Å². The summed E-state index contributed by atoms with van der Waals surface area (Å²) in [5, 5.41) is 18.4. The second-order valence-corrected chi connectivity index (χ2v) is 4.99. The maximum Gasteiger partial charge on any atom is 0.408 e. The molecule has 1 rings (SSSR count). The minimum absolute atomic E-state index is 0.234. The smallest absolute Gasteiger partial charge is 0.408 e. The molecule has 0 heterocycles. The van der Waals surface area contributed by atoms with E-state index >= 15 is 0 Å².